The van der Waals surface area contributed by atoms with Crippen LogP contribution in [0.2, 0.25) is 0 Å². The van der Waals surface area contributed by atoms with E-state index in [-0.39, 0.29) is 17.1 Å². The van der Waals surface area contributed by atoms with Crippen molar-refractivity contribution >= 4 is 5.97 Å². The van der Waals surface area contributed by atoms with Crippen LogP contribution in [0.5, 0.6) is 5.75 Å². The van der Waals surface area contributed by atoms with Gasteiger partial charge >= 0.3 is 5.97 Å². The molecule has 0 amide bonds. The molecule has 2 unspecified atom stereocenters. The third-order valence-electron chi connectivity index (χ3n) is 4.48. The van der Waals surface area contributed by atoms with E-state index in [0.29, 0.717) is 18.9 Å². The Kier molecular flexibility index (Phi) is 3.88. The van der Waals surface area contributed by atoms with Crippen molar-refractivity contribution < 1.29 is 14.6 Å². The number of carbonyl (C=O) groups excluding carboxylic acids is 1. The number of aromatic hydroxyl groups is 1. The van der Waals surface area contributed by atoms with Crippen molar-refractivity contribution in [2.75, 3.05) is 6.61 Å². The van der Waals surface area contributed by atoms with E-state index in [1.54, 1.807) is 12.1 Å². The molecule has 1 N–H and O–H groups in total. The highest BCUT2D eigenvalue weighted by atomic mass is 16.5. The van der Waals surface area contributed by atoms with Crippen molar-refractivity contribution in [1.82, 2.24) is 0 Å². The lowest BCUT2D eigenvalue weighted by molar-refractivity contribution is -0.143. The summed E-state index contributed by atoms with van der Waals surface area (Å²) in [6, 6.07) is 17.5. The normalized spacial score (nSPS) is 23.0. The number of ether oxygens (including phenoxy) is 1. The topological polar surface area (TPSA) is 46.5 Å². The van der Waals surface area contributed by atoms with Gasteiger partial charge in [0.25, 0.3) is 0 Å². The first kappa shape index (κ1) is 14.6. The summed E-state index contributed by atoms with van der Waals surface area (Å²) >= 11 is 0. The summed E-state index contributed by atoms with van der Waals surface area (Å²) in [7, 11) is 0. The molecule has 1 saturated carbocycles. The van der Waals surface area contributed by atoms with Crippen LogP contribution in [0.3, 0.4) is 0 Å². The zero-order valence-corrected chi connectivity index (χ0v) is 12.7. The Balaban J connectivity index is 1.89. The summed E-state index contributed by atoms with van der Waals surface area (Å²) in [6.45, 7) is 2.24. The molecular formula is C19H20O3. The summed E-state index contributed by atoms with van der Waals surface area (Å²) < 4.78 is 5.16. The first-order valence-electron chi connectivity index (χ1n) is 7.66. The highest BCUT2D eigenvalue weighted by Gasteiger charge is 2.57. The largest absolute Gasteiger partial charge is 0.508 e. The Morgan fingerprint density at radius 2 is 1.86 bits per heavy atom. The SMILES string of the molecule is CCOC(=O)CC1(c2ccccc2)CC1c1ccc(O)cc1. The van der Waals surface area contributed by atoms with Gasteiger partial charge in [-0.25, -0.2) is 0 Å². The van der Waals surface area contributed by atoms with Crippen LogP contribution in [0.4, 0.5) is 0 Å². The van der Waals surface area contributed by atoms with E-state index in [4.69, 9.17) is 4.74 Å². The fourth-order valence-corrected chi connectivity index (χ4v) is 3.30. The molecule has 114 valence electrons. The van der Waals surface area contributed by atoms with E-state index in [1.807, 2.05) is 37.3 Å². The molecule has 1 aliphatic carbocycles. The maximum absolute atomic E-state index is 12.0. The predicted octanol–water partition coefficient (Wildman–Crippen LogP) is 3.77. The van der Waals surface area contributed by atoms with Crippen molar-refractivity contribution in [2.24, 2.45) is 0 Å². The third-order valence-corrected chi connectivity index (χ3v) is 4.48. The van der Waals surface area contributed by atoms with Gasteiger partial charge in [0.15, 0.2) is 0 Å². The van der Waals surface area contributed by atoms with Crippen LogP contribution < -0.4 is 0 Å². The summed E-state index contributed by atoms with van der Waals surface area (Å²) in [5.74, 6) is 0.410. The average molecular weight is 296 g/mol. The second-order valence-corrected chi connectivity index (χ2v) is 5.85. The van der Waals surface area contributed by atoms with Crippen molar-refractivity contribution in [3.8, 4) is 5.75 Å². The van der Waals surface area contributed by atoms with Gasteiger partial charge in [0.2, 0.25) is 0 Å². The van der Waals surface area contributed by atoms with Crippen molar-refractivity contribution in [3.63, 3.8) is 0 Å². The van der Waals surface area contributed by atoms with Crippen LogP contribution in [0, 0.1) is 0 Å². The van der Waals surface area contributed by atoms with Gasteiger partial charge in [-0.05, 0) is 42.5 Å². The number of esters is 1. The van der Waals surface area contributed by atoms with Crippen LogP contribution in [-0.2, 0) is 14.9 Å². The van der Waals surface area contributed by atoms with E-state index in [9.17, 15) is 9.90 Å². The Morgan fingerprint density at radius 1 is 1.18 bits per heavy atom. The second-order valence-electron chi connectivity index (χ2n) is 5.85. The number of hydrogen-bond donors (Lipinski definition) is 1. The van der Waals surface area contributed by atoms with Gasteiger partial charge in [-0.3, -0.25) is 4.79 Å². The maximum Gasteiger partial charge on any atom is 0.306 e. The fourth-order valence-electron chi connectivity index (χ4n) is 3.30. The summed E-state index contributed by atoms with van der Waals surface area (Å²) in [5, 5.41) is 9.45. The van der Waals surface area contributed by atoms with Crippen LogP contribution in [0.25, 0.3) is 0 Å². The molecule has 0 aliphatic heterocycles. The molecule has 0 radical (unpaired) electrons. The van der Waals surface area contributed by atoms with Gasteiger partial charge < -0.3 is 9.84 Å². The van der Waals surface area contributed by atoms with Crippen LogP contribution in [0.15, 0.2) is 54.6 Å². The van der Waals surface area contributed by atoms with Crippen molar-refractivity contribution in [3.05, 3.63) is 65.7 Å². The van der Waals surface area contributed by atoms with Crippen LogP contribution in [-0.4, -0.2) is 17.7 Å². The van der Waals surface area contributed by atoms with Crippen LogP contribution in [0.1, 0.15) is 36.8 Å². The molecule has 0 saturated heterocycles. The highest BCUT2D eigenvalue weighted by Crippen LogP contribution is 2.62. The molecule has 3 heteroatoms. The summed E-state index contributed by atoms with van der Waals surface area (Å²) in [5.41, 5.74) is 2.16. The molecule has 1 aliphatic rings. The molecule has 0 heterocycles. The van der Waals surface area contributed by atoms with Gasteiger partial charge in [-0.1, -0.05) is 42.5 Å². The zero-order valence-electron chi connectivity index (χ0n) is 12.7. The predicted molar refractivity (Wildman–Crippen MR) is 84.8 cm³/mol. The number of rotatable bonds is 5. The monoisotopic (exact) mass is 296 g/mol. The average Bonchev–Trinajstić information content (AvgIpc) is 3.24. The molecule has 1 fully saturated rings. The Hall–Kier alpha value is -2.29. The minimum Gasteiger partial charge on any atom is -0.508 e. The van der Waals surface area contributed by atoms with Gasteiger partial charge in [-0.15, -0.1) is 0 Å². The number of carbonyl (C=O) groups is 1. The van der Waals surface area contributed by atoms with E-state index < -0.39 is 0 Å². The van der Waals surface area contributed by atoms with Gasteiger partial charge in [0, 0.05) is 5.41 Å². The van der Waals surface area contributed by atoms with E-state index in [1.165, 1.54) is 5.56 Å². The van der Waals surface area contributed by atoms with E-state index >= 15 is 0 Å². The molecular weight excluding hydrogens is 276 g/mol. The summed E-state index contributed by atoms with van der Waals surface area (Å²) in [6.07, 6.45) is 1.33. The molecule has 2 atom stereocenters. The molecule has 2 aromatic rings. The molecule has 3 rings (SSSR count). The minimum absolute atomic E-state index is 0.146. The first-order valence-corrected chi connectivity index (χ1v) is 7.66. The Morgan fingerprint density at radius 3 is 2.50 bits per heavy atom. The molecule has 3 nitrogen and oxygen atoms in total. The number of hydrogen-bond acceptors (Lipinski definition) is 3. The van der Waals surface area contributed by atoms with Crippen molar-refractivity contribution in [1.29, 1.82) is 0 Å². The lowest BCUT2D eigenvalue weighted by Crippen LogP contribution is -2.18. The molecule has 0 spiro atoms. The highest BCUT2D eigenvalue weighted by molar-refractivity contribution is 5.73. The molecule has 0 aromatic heterocycles. The maximum atomic E-state index is 12.0. The van der Waals surface area contributed by atoms with Crippen molar-refractivity contribution in [2.45, 2.75) is 31.1 Å². The van der Waals surface area contributed by atoms with E-state index in [2.05, 4.69) is 12.1 Å². The number of phenols is 1. The molecule has 2 aromatic carbocycles. The quantitative estimate of drug-likeness (QED) is 0.854. The first-order chi connectivity index (χ1) is 10.7. The lowest BCUT2D eigenvalue weighted by atomic mass is 9.88. The van der Waals surface area contributed by atoms with Gasteiger partial charge in [-0.2, -0.15) is 0 Å². The third kappa shape index (κ3) is 2.71. The Labute approximate surface area is 130 Å². The Bertz CT molecular complexity index is 648. The number of phenolic OH excluding ortho intramolecular Hbond substituents is 1. The number of benzene rings is 2. The smallest absolute Gasteiger partial charge is 0.306 e. The fraction of sp³-hybridized carbons (Fsp3) is 0.316. The summed E-state index contributed by atoms with van der Waals surface area (Å²) in [4.78, 5) is 12.0. The standard InChI is InChI=1S/C19H20O3/c1-2-22-18(21)13-19(15-6-4-3-5-7-15)12-17(19)14-8-10-16(20)11-9-14/h3-11,17,20H,2,12-13H2,1H3. The molecule has 22 heavy (non-hydrogen) atoms. The lowest BCUT2D eigenvalue weighted by Gasteiger charge is -2.17. The molecule has 0 bridgehead atoms. The van der Waals surface area contributed by atoms with E-state index in [0.717, 1.165) is 12.0 Å². The van der Waals surface area contributed by atoms with Gasteiger partial charge in [0.1, 0.15) is 5.75 Å². The minimum atomic E-state index is -0.176. The van der Waals surface area contributed by atoms with Crippen LogP contribution >= 0.6 is 0 Å². The zero-order chi connectivity index (χ0) is 15.6. The van der Waals surface area contributed by atoms with Gasteiger partial charge in [0.05, 0.1) is 13.0 Å². The second kappa shape index (κ2) is 5.84.